The summed E-state index contributed by atoms with van der Waals surface area (Å²) >= 11 is 0. The van der Waals surface area contributed by atoms with Crippen molar-refractivity contribution in [2.75, 3.05) is 25.6 Å². The minimum Gasteiger partial charge on any atom is -0.474 e. The van der Waals surface area contributed by atoms with Crippen LogP contribution in [0.5, 0.6) is 5.75 Å². The number of urea groups is 1. The number of hydrogen-bond acceptors (Lipinski definition) is 9. The van der Waals surface area contributed by atoms with Crippen LogP contribution in [0.4, 0.5) is 15.3 Å². The van der Waals surface area contributed by atoms with E-state index in [0.29, 0.717) is 23.3 Å². The number of alkyl carbamates (subject to hydrolysis) is 1. The van der Waals surface area contributed by atoms with Crippen molar-refractivity contribution in [3.8, 4) is 16.9 Å². The smallest absolute Gasteiger partial charge is 0.407 e. The third-order valence-electron chi connectivity index (χ3n) is 8.99. The van der Waals surface area contributed by atoms with Crippen LogP contribution in [0.3, 0.4) is 0 Å². The second kappa shape index (κ2) is 16.1. The summed E-state index contributed by atoms with van der Waals surface area (Å²) in [7, 11) is 1.23. The molecular weight excluding hydrogens is 680 g/mol. The zero-order chi connectivity index (χ0) is 37.5. The number of methoxy groups -OCH3 is 1. The number of amides is 4. The van der Waals surface area contributed by atoms with Crippen molar-refractivity contribution in [1.29, 1.82) is 0 Å². The molecule has 1 aliphatic carbocycles. The molecule has 272 valence electrons. The van der Waals surface area contributed by atoms with Gasteiger partial charge in [-0.3, -0.25) is 4.79 Å². The van der Waals surface area contributed by atoms with Gasteiger partial charge in [0.15, 0.2) is 0 Å². The molecule has 1 heterocycles. The second-order valence-corrected chi connectivity index (χ2v) is 12.5. The molecule has 5 N–H and O–H groups in total. The van der Waals surface area contributed by atoms with E-state index in [4.69, 9.17) is 24.4 Å². The van der Waals surface area contributed by atoms with Crippen LogP contribution in [-0.2, 0) is 19.1 Å². The normalized spacial score (nSPS) is 12.9. The molecule has 13 heteroatoms. The highest BCUT2D eigenvalue weighted by molar-refractivity contribution is 5.96. The molecule has 2 unspecified atom stereocenters. The van der Waals surface area contributed by atoms with Crippen molar-refractivity contribution in [3.63, 3.8) is 0 Å². The quantitative estimate of drug-likeness (QED) is 0.0674. The number of ether oxygens (including phenoxy) is 3. The average molecular weight is 719 g/mol. The van der Waals surface area contributed by atoms with Gasteiger partial charge in [-0.05, 0) is 71.8 Å². The molecule has 0 fully saturated rings. The highest BCUT2D eigenvalue weighted by Gasteiger charge is 2.30. The summed E-state index contributed by atoms with van der Waals surface area (Å²) in [4.78, 5) is 62.5. The summed E-state index contributed by atoms with van der Waals surface area (Å²) in [5.41, 5.74) is 10.8. The van der Waals surface area contributed by atoms with Crippen LogP contribution in [0.15, 0.2) is 106 Å². The largest absolute Gasteiger partial charge is 0.474 e. The molecule has 1 aliphatic rings. The van der Waals surface area contributed by atoms with E-state index in [9.17, 15) is 24.0 Å². The Bertz CT molecular complexity index is 2170. The molecule has 2 atom stereocenters. The van der Waals surface area contributed by atoms with Crippen LogP contribution in [0.25, 0.3) is 22.1 Å². The summed E-state index contributed by atoms with van der Waals surface area (Å²) in [5, 5.41) is 8.66. The number of anilines is 1. The number of aryl methyl sites for hydroxylation is 1. The Morgan fingerprint density at radius 3 is 2.23 bits per heavy atom. The molecule has 0 radical (unpaired) electrons. The van der Waals surface area contributed by atoms with Crippen LogP contribution in [0, 0.1) is 6.92 Å². The molecule has 0 bridgehead atoms. The van der Waals surface area contributed by atoms with Gasteiger partial charge in [0, 0.05) is 41.2 Å². The lowest BCUT2D eigenvalue weighted by Gasteiger charge is -2.20. The summed E-state index contributed by atoms with van der Waals surface area (Å²) in [6.07, 6.45) is -1.46. The van der Waals surface area contributed by atoms with E-state index in [1.807, 2.05) is 48.5 Å². The minimum absolute atomic E-state index is 0.0651. The number of hydrogen-bond donors (Lipinski definition) is 4. The van der Waals surface area contributed by atoms with Crippen molar-refractivity contribution in [3.05, 3.63) is 130 Å². The number of esters is 1. The Morgan fingerprint density at radius 2 is 1.57 bits per heavy atom. The van der Waals surface area contributed by atoms with E-state index >= 15 is 0 Å². The first-order chi connectivity index (χ1) is 25.6. The zero-order valence-electron chi connectivity index (χ0n) is 29.0. The Balaban J connectivity index is 1.12. The molecule has 5 aromatic rings. The molecule has 0 saturated heterocycles. The second-order valence-electron chi connectivity index (χ2n) is 12.5. The van der Waals surface area contributed by atoms with Gasteiger partial charge in [-0.1, -0.05) is 60.7 Å². The standard InChI is InChI=1S/C40H38N4O9/c1-23-20-35(45)53-34-21-26(17-18-27(23)34)52-36(38(47)50-2)24-13-15-25(16-14-24)43-37(46)33(12-7-19-42-39(41)48)44-40(49)51-22-32-30-10-5-3-8-28(30)29-9-4-6-11-31(29)32/h3-6,8-11,13-18,20-21,32-33,36H,7,12,19,22H2,1-2H3,(H,43,46)(H,44,49)(H3,41,42,48). The van der Waals surface area contributed by atoms with Gasteiger partial charge in [-0.25, -0.2) is 19.2 Å². The molecule has 0 saturated carbocycles. The lowest BCUT2D eigenvalue weighted by molar-refractivity contribution is -0.149. The average Bonchev–Trinajstić information content (AvgIpc) is 3.47. The molecule has 1 aromatic heterocycles. The van der Waals surface area contributed by atoms with Crippen LogP contribution in [-0.4, -0.2) is 50.3 Å². The Kier molecular flexibility index (Phi) is 11.0. The van der Waals surface area contributed by atoms with E-state index in [0.717, 1.165) is 33.2 Å². The molecule has 6 rings (SSSR count). The maximum absolute atomic E-state index is 13.5. The Labute approximate surface area is 304 Å². The highest BCUT2D eigenvalue weighted by atomic mass is 16.6. The maximum Gasteiger partial charge on any atom is 0.407 e. The first-order valence-electron chi connectivity index (χ1n) is 17.0. The number of benzene rings is 4. The fraction of sp³-hybridized carbons (Fsp3) is 0.225. The third kappa shape index (κ3) is 8.47. The first kappa shape index (κ1) is 36.2. The zero-order valence-corrected chi connectivity index (χ0v) is 29.0. The Morgan fingerprint density at radius 1 is 0.887 bits per heavy atom. The predicted octanol–water partition coefficient (Wildman–Crippen LogP) is 5.69. The van der Waals surface area contributed by atoms with E-state index in [1.54, 1.807) is 43.3 Å². The molecule has 0 aliphatic heterocycles. The van der Waals surface area contributed by atoms with Gasteiger partial charge in [0.05, 0.1) is 7.11 Å². The highest BCUT2D eigenvalue weighted by Crippen LogP contribution is 2.44. The summed E-state index contributed by atoms with van der Waals surface area (Å²) in [6, 6.07) is 26.8. The topological polar surface area (TPSA) is 188 Å². The minimum atomic E-state index is -1.18. The van der Waals surface area contributed by atoms with Gasteiger partial charge in [0.2, 0.25) is 12.0 Å². The Hall–Kier alpha value is -6.63. The molecular formula is C40H38N4O9. The van der Waals surface area contributed by atoms with Crippen LogP contribution in [0.1, 0.15) is 47.1 Å². The maximum atomic E-state index is 13.5. The van der Waals surface area contributed by atoms with Crippen molar-refractivity contribution >= 4 is 40.7 Å². The van der Waals surface area contributed by atoms with Gasteiger partial charge in [-0.2, -0.15) is 0 Å². The number of nitrogens with one attached hydrogen (secondary N) is 3. The van der Waals surface area contributed by atoms with E-state index in [2.05, 4.69) is 16.0 Å². The number of fused-ring (bicyclic) bond motifs is 4. The summed E-state index contributed by atoms with van der Waals surface area (Å²) < 4.78 is 22.0. The fourth-order valence-corrected chi connectivity index (χ4v) is 6.41. The number of primary amides is 1. The van der Waals surface area contributed by atoms with Crippen molar-refractivity contribution in [2.24, 2.45) is 5.73 Å². The number of nitrogens with two attached hydrogens (primary N) is 1. The van der Waals surface area contributed by atoms with Gasteiger partial charge >= 0.3 is 23.7 Å². The number of carbonyl (C=O) groups is 4. The predicted molar refractivity (Wildman–Crippen MR) is 196 cm³/mol. The van der Waals surface area contributed by atoms with Crippen molar-refractivity contribution < 1.29 is 37.8 Å². The lowest BCUT2D eigenvalue weighted by Crippen LogP contribution is -2.44. The SMILES string of the molecule is COC(=O)C(Oc1ccc2c(C)cc(=O)oc2c1)c1ccc(NC(=O)C(CCCNC(N)=O)NC(=O)OCC2c3ccccc3-c3ccccc32)cc1. The van der Waals surface area contributed by atoms with E-state index < -0.39 is 41.8 Å². The van der Waals surface area contributed by atoms with Crippen molar-refractivity contribution in [1.82, 2.24) is 10.6 Å². The van der Waals surface area contributed by atoms with E-state index in [1.165, 1.54) is 19.2 Å². The molecule has 0 spiro atoms. The summed E-state index contributed by atoms with van der Waals surface area (Å²) in [6.45, 7) is 2.05. The molecule has 4 aromatic carbocycles. The number of rotatable bonds is 13. The first-order valence-corrected chi connectivity index (χ1v) is 17.0. The lowest BCUT2D eigenvalue weighted by atomic mass is 9.98. The van der Waals surface area contributed by atoms with Crippen LogP contribution >= 0.6 is 0 Å². The monoisotopic (exact) mass is 718 g/mol. The molecule has 53 heavy (non-hydrogen) atoms. The van der Waals surface area contributed by atoms with Gasteiger partial charge in [0.1, 0.15) is 24.0 Å². The van der Waals surface area contributed by atoms with Crippen molar-refractivity contribution in [2.45, 2.75) is 37.8 Å². The molecule has 13 nitrogen and oxygen atoms in total. The van der Waals surface area contributed by atoms with Gasteiger partial charge in [0.25, 0.3) is 0 Å². The fourth-order valence-electron chi connectivity index (χ4n) is 6.41. The summed E-state index contributed by atoms with van der Waals surface area (Å²) in [5.74, 6) is -1.10. The van der Waals surface area contributed by atoms with E-state index in [-0.39, 0.29) is 31.2 Å². The van der Waals surface area contributed by atoms with Gasteiger partial charge in [-0.15, -0.1) is 0 Å². The molecule has 4 amide bonds. The third-order valence-corrected chi connectivity index (χ3v) is 8.99. The number of carbonyl (C=O) groups excluding carboxylic acids is 4. The van der Waals surface area contributed by atoms with Crippen LogP contribution < -0.4 is 32.0 Å². The van der Waals surface area contributed by atoms with Crippen LogP contribution in [0.2, 0.25) is 0 Å². The van der Waals surface area contributed by atoms with Gasteiger partial charge < -0.3 is 40.3 Å².